The molecule has 9 nitrogen and oxygen atoms in total. The molecule has 190 valence electrons. The Bertz CT molecular complexity index is 1340. The van der Waals surface area contributed by atoms with Crippen molar-refractivity contribution in [1.29, 1.82) is 0 Å². The van der Waals surface area contributed by atoms with Crippen molar-refractivity contribution in [1.82, 2.24) is 19.9 Å². The molecule has 0 radical (unpaired) electrons. The van der Waals surface area contributed by atoms with Gasteiger partial charge in [-0.2, -0.15) is 0 Å². The number of nitrogens with zero attached hydrogens (tertiary/aromatic N) is 3. The van der Waals surface area contributed by atoms with Crippen molar-refractivity contribution in [2.24, 2.45) is 5.73 Å². The Morgan fingerprint density at radius 3 is 2.57 bits per heavy atom. The number of aliphatic carboxylic acids is 1. The summed E-state index contributed by atoms with van der Waals surface area (Å²) in [6, 6.07) is 13.8. The quantitative estimate of drug-likeness (QED) is 0.263. The molecule has 0 spiro atoms. The first-order valence-electron chi connectivity index (χ1n) is 11.8. The standard InChI is InChI=1S/C27H27N5O4S/c28-24(33)9-8-23(27(35)36)31-25(34)21-7-6-18(15-22(21)19-4-2-1-3-5-19)14-20(26-30-11-13-37-26)16-32-12-10-29-17-32/h1-7,10-13,15,17,20,23H,8-9,14,16H2,(H2,28,33)(H,31,34)(H,35,36)/t20?,23-/m0/s1. The van der Waals surface area contributed by atoms with Gasteiger partial charge >= 0.3 is 5.97 Å². The number of benzene rings is 2. The zero-order valence-electron chi connectivity index (χ0n) is 20.0. The maximum atomic E-state index is 13.2. The number of hydrogen-bond acceptors (Lipinski definition) is 6. The van der Waals surface area contributed by atoms with Crippen LogP contribution in [-0.2, 0) is 22.6 Å². The number of nitrogens with one attached hydrogen (secondary N) is 1. The van der Waals surface area contributed by atoms with E-state index in [9.17, 15) is 19.5 Å². The largest absolute Gasteiger partial charge is 0.480 e. The van der Waals surface area contributed by atoms with Crippen molar-refractivity contribution >= 4 is 29.1 Å². The molecule has 2 atom stereocenters. The third kappa shape index (κ3) is 6.89. The van der Waals surface area contributed by atoms with E-state index in [1.54, 1.807) is 36.1 Å². The fraction of sp³-hybridized carbons (Fsp3) is 0.222. The van der Waals surface area contributed by atoms with E-state index in [1.807, 2.05) is 58.6 Å². The average molecular weight is 518 g/mol. The van der Waals surface area contributed by atoms with Crippen LogP contribution in [0.5, 0.6) is 0 Å². The summed E-state index contributed by atoms with van der Waals surface area (Å²) >= 11 is 1.60. The maximum absolute atomic E-state index is 13.2. The van der Waals surface area contributed by atoms with Crippen molar-refractivity contribution in [2.45, 2.75) is 37.8 Å². The molecule has 2 amide bonds. The topological polar surface area (TPSA) is 140 Å². The Morgan fingerprint density at radius 2 is 1.92 bits per heavy atom. The summed E-state index contributed by atoms with van der Waals surface area (Å²) < 4.78 is 2.02. The van der Waals surface area contributed by atoms with E-state index in [4.69, 9.17) is 5.73 Å². The number of primary amides is 1. The second kappa shape index (κ2) is 12.1. The van der Waals surface area contributed by atoms with Crippen molar-refractivity contribution in [3.05, 3.63) is 95.0 Å². The van der Waals surface area contributed by atoms with Crippen LogP contribution in [0.4, 0.5) is 0 Å². The predicted octanol–water partition coefficient (Wildman–Crippen LogP) is 3.48. The number of aromatic nitrogens is 3. The minimum absolute atomic E-state index is 0.0844. The van der Waals surface area contributed by atoms with Crippen molar-refractivity contribution in [3.8, 4) is 11.1 Å². The van der Waals surface area contributed by atoms with E-state index in [0.29, 0.717) is 24.1 Å². The molecular formula is C27H27N5O4S. The van der Waals surface area contributed by atoms with Crippen LogP contribution in [0, 0.1) is 0 Å². The molecule has 0 aliphatic rings. The minimum Gasteiger partial charge on any atom is -0.480 e. The summed E-state index contributed by atoms with van der Waals surface area (Å²) in [7, 11) is 0. The van der Waals surface area contributed by atoms with Gasteiger partial charge in [0.1, 0.15) is 6.04 Å². The third-order valence-corrected chi connectivity index (χ3v) is 6.91. The molecule has 4 rings (SSSR count). The lowest BCUT2D eigenvalue weighted by Gasteiger charge is -2.19. The molecular weight excluding hydrogens is 490 g/mol. The number of carboxylic acid groups (broad SMARTS) is 1. The van der Waals surface area contributed by atoms with Gasteiger partial charge in [0.2, 0.25) is 5.91 Å². The van der Waals surface area contributed by atoms with Gasteiger partial charge in [-0.3, -0.25) is 9.59 Å². The number of carboxylic acids is 1. The van der Waals surface area contributed by atoms with Crippen molar-refractivity contribution in [3.63, 3.8) is 0 Å². The number of rotatable bonds is 12. The molecule has 0 bridgehead atoms. The van der Waals surface area contributed by atoms with Gasteiger partial charge in [-0.1, -0.05) is 42.5 Å². The summed E-state index contributed by atoms with van der Waals surface area (Å²) in [5, 5.41) is 15.0. The minimum atomic E-state index is -1.23. The lowest BCUT2D eigenvalue weighted by molar-refractivity contribution is -0.139. The summed E-state index contributed by atoms with van der Waals surface area (Å²) in [6.07, 6.45) is 7.69. The highest BCUT2D eigenvalue weighted by molar-refractivity contribution is 7.09. The molecule has 10 heteroatoms. The number of carbonyl (C=O) groups is 3. The van der Waals surface area contributed by atoms with Crippen LogP contribution in [0.15, 0.2) is 78.8 Å². The molecule has 2 aromatic carbocycles. The van der Waals surface area contributed by atoms with Gasteiger partial charge in [-0.05, 0) is 35.6 Å². The molecule has 37 heavy (non-hydrogen) atoms. The van der Waals surface area contributed by atoms with Gasteiger partial charge in [0.15, 0.2) is 0 Å². The Labute approximate surface area is 218 Å². The maximum Gasteiger partial charge on any atom is 0.326 e. The van der Waals surface area contributed by atoms with Gasteiger partial charge in [-0.15, -0.1) is 11.3 Å². The molecule has 4 N–H and O–H groups in total. The fourth-order valence-corrected chi connectivity index (χ4v) is 4.89. The highest BCUT2D eigenvalue weighted by atomic mass is 32.1. The van der Waals surface area contributed by atoms with Crippen LogP contribution in [0.25, 0.3) is 11.1 Å². The molecule has 0 saturated heterocycles. The van der Waals surface area contributed by atoms with Crippen LogP contribution >= 0.6 is 11.3 Å². The van der Waals surface area contributed by atoms with Crippen LogP contribution in [-0.4, -0.2) is 43.5 Å². The molecule has 0 aliphatic heterocycles. The van der Waals surface area contributed by atoms with Gasteiger partial charge < -0.3 is 20.7 Å². The van der Waals surface area contributed by atoms with Gasteiger partial charge in [-0.25, -0.2) is 14.8 Å². The Kier molecular flexibility index (Phi) is 8.42. The second-order valence-electron chi connectivity index (χ2n) is 8.65. The first-order chi connectivity index (χ1) is 17.9. The van der Waals surface area contributed by atoms with Gasteiger partial charge in [0.25, 0.3) is 5.91 Å². The molecule has 4 aromatic rings. The third-order valence-electron chi connectivity index (χ3n) is 5.97. The lowest BCUT2D eigenvalue weighted by atomic mass is 9.92. The Morgan fingerprint density at radius 1 is 1.11 bits per heavy atom. The predicted molar refractivity (Wildman–Crippen MR) is 140 cm³/mol. The van der Waals surface area contributed by atoms with E-state index >= 15 is 0 Å². The number of imidazole rings is 1. The summed E-state index contributed by atoms with van der Waals surface area (Å²) in [4.78, 5) is 44.7. The zero-order valence-corrected chi connectivity index (χ0v) is 20.8. The molecule has 2 heterocycles. The van der Waals surface area contributed by atoms with Crippen LogP contribution in [0.2, 0.25) is 0 Å². The number of thiazole rings is 1. The zero-order chi connectivity index (χ0) is 26.2. The summed E-state index contributed by atoms with van der Waals surface area (Å²) in [5.41, 5.74) is 8.05. The van der Waals surface area contributed by atoms with Gasteiger partial charge in [0.05, 0.1) is 11.3 Å². The number of hydrogen-bond donors (Lipinski definition) is 3. The molecule has 0 saturated carbocycles. The van der Waals surface area contributed by atoms with Gasteiger partial charge in [0, 0.05) is 48.4 Å². The lowest BCUT2D eigenvalue weighted by Crippen LogP contribution is -2.41. The molecule has 0 fully saturated rings. The highest BCUT2D eigenvalue weighted by Gasteiger charge is 2.24. The second-order valence-corrected chi connectivity index (χ2v) is 9.57. The van der Waals surface area contributed by atoms with Crippen LogP contribution in [0.3, 0.4) is 0 Å². The summed E-state index contributed by atoms with van der Waals surface area (Å²) in [6.45, 7) is 0.705. The normalized spacial score (nSPS) is 12.5. The molecule has 1 unspecified atom stereocenters. The first kappa shape index (κ1) is 25.8. The number of nitrogens with two attached hydrogens (primary N) is 1. The van der Waals surface area contributed by atoms with Crippen LogP contribution in [0.1, 0.15) is 39.7 Å². The number of amides is 2. The summed E-state index contributed by atoms with van der Waals surface area (Å²) in [5.74, 6) is -2.28. The van der Waals surface area contributed by atoms with E-state index < -0.39 is 23.8 Å². The Hall–Kier alpha value is -4.31. The monoisotopic (exact) mass is 517 g/mol. The Balaban J connectivity index is 1.64. The fourth-order valence-electron chi connectivity index (χ4n) is 4.15. The van der Waals surface area contributed by atoms with Crippen molar-refractivity contribution in [2.75, 3.05) is 0 Å². The van der Waals surface area contributed by atoms with E-state index in [2.05, 4.69) is 15.3 Å². The smallest absolute Gasteiger partial charge is 0.326 e. The van der Waals surface area contributed by atoms with E-state index in [1.165, 1.54) is 0 Å². The van der Waals surface area contributed by atoms with Crippen molar-refractivity contribution < 1.29 is 19.5 Å². The first-order valence-corrected chi connectivity index (χ1v) is 12.6. The molecule has 0 aliphatic carbocycles. The SMILES string of the molecule is NC(=O)CC[C@H](NC(=O)c1ccc(CC(Cn2ccnc2)c2nccs2)cc1-c1ccccc1)C(=O)O. The molecule has 2 aromatic heterocycles. The van der Waals surface area contributed by atoms with E-state index in [-0.39, 0.29) is 18.8 Å². The van der Waals surface area contributed by atoms with Crippen LogP contribution < -0.4 is 11.1 Å². The number of carbonyl (C=O) groups excluding carboxylic acids is 2. The average Bonchev–Trinajstić information content (AvgIpc) is 3.61. The van der Waals surface area contributed by atoms with E-state index in [0.717, 1.165) is 16.1 Å². The highest BCUT2D eigenvalue weighted by Crippen LogP contribution is 2.30.